The molecule has 12 heteroatoms. The van der Waals surface area contributed by atoms with Crippen molar-refractivity contribution in [3.8, 4) is 11.5 Å². The van der Waals surface area contributed by atoms with Crippen molar-refractivity contribution in [3.63, 3.8) is 0 Å². The second-order valence-electron chi connectivity index (χ2n) is 6.87. The molecule has 0 spiro atoms. The Morgan fingerprint density at radius 1 is 1.28 bits per heavy atom. The number of halogens is 4. The summed E-state index contributed by atoms with van der Waals surface area (Å²) in [5.74, 6) is -1.22. The van der Waals surface area contributed by atoms with Crippen LogP contribution in [-0.4, -0.2) is 20.6 Å². The SMILES string of the molecule is CC(Cn1cc(Br)cn1)C(=O)Nc1cc(Oc2cccc(C(F)(F)F)c2)cc([N+](=O)[O-])c1. The minimum Gasteiger partial charge on any atom is -0.457 e. The lowest BCUT2D eigenvalue weighted by atomic mass is 10.1. The maximum atomic E-state index is 12.9. The number of nitrogens with zero attached hydrogens (tertiary/aromatic N) is 3. The first-order valence-electron chi connectivity index (χ1n) is 9.14. The molecule has 1 atom stereocenters. The largest absolute Gasteiger partial charge is 0.457 e. The second-order valence-corrected chi connectivity index (χ2v) is 7.79. The van der Waals surface area contributed by atoms with Crippen LogP contribution >= 0.6 is 15.9 Å². The number of non-ortho nitro benzene ring substituents is 1. The van der Waals surface area contributed by atoms with Gasteiger partial charge in [0, 0.05) is 18.3 Å². The molecule has 1 unspecified atom stereocenters. The van der Waals surface area contributed by atoms with E-state index in [-0.39, 0.29) is 23.7 Å². The van der Waals surface area contributed by atoms with Crippen molar-refractivity contribution in [1.29, 1.82) is 0 Å². The average Bonchev–Trinajstić information content (AvgIpc) is 3.11. The number of carbonyl (C=O) groups excluding carboxylic acids is 1. The molecule has 1 aromatic heterocycles. The lowest BCUT2D eigenvalue weighted by Gasteiger charge is -2.14. The Morgan fingerprint density at radius 2 is 2.03 bits per heavy atom. The first-order chi connectivity index (χ1) is 15.0. The molecule has 0 saturated heterocycles. The van der Waals surface area contributed by atoms with Gasteiger partial charge in [-0.15, -0.1) is 0 Å². The van der Waals surface area contributed by atoms with E-state index in [1.165, 1.54) is 12.1 Å². The standard InChI is InChI=1S/C20H16BrF3N4O4/c1-12(10-27-11-14(21)9-25-27)19(29)26-15-6-16(28(30)31)8-18(7-15)32-17-4-2-3-13(5-17)20(22,23)24/h2-9,11-12H,10H2,1H3,(H,26,29). The van der Waals surface area contributed by atoms with Crippen molar-refractivity contribution >= 4 is 33.2 Å². The van der Waals surface area contributed by atoms with Gasteiger partial charge in [0.05, 0.1) is 45.4 Å². The van der Waals surface area contributed by atoms with Crippen molar-refractivity contribution < 1.29 is 27.6 Å². The van der Waals surface area contributed by atoms with Gasteiger partial charge in [-0.1, -0.05) is 13.0 Å². The predicted molar refractivity (Wildman–Crippen MR) is 112 cm³/mol. The van der Waals surface area contributed by atoms with E-state index >= 15 is 0 Å². The average molecular weight is 513 g/mol. The number of alkyl halides is 3. The van der Waals surface area contributed by atoms with Gasteiger partial charge in [0.2, 0.25) is 5.91 Å². The number of nitro groups is 1. The number of carbonyl (C=O) groups is 1. The van der Waals surface area contributed by atoms with E-state index < -0.39 is 34.2 Å². The molecule has 1 amide bonds. The minimum atomic E-state index is -4.57. The Bertz CT molecular complexity index is 1150. The quantitative estimate of drug-likeness (QED) is 0.326. The molecule has 0 saturated carbocycles. The summed E-state index contributed by atoms with van der Waals surface area (Å²) in [5, 5.41) is 17.9. The highest BCUT2D eigenvalue weighted by molar-refractivity contribution is 9.10. The lowest BCUT2D eigenvalue weighted by Crippen LogP contribution is -2.24. The molecule has 0 fully saturated rings. The molecule has 0 aliphatic rings. The number of hydrogen-bond donors (Lipinski definition) is 1. The van der Waals surface area contributed by atoms with E-state index in [0.717, 1.165) is 34.8 Å². The van der Waals surface area contributed by atoms with E-state index in [9.17, 15) is 28.1 Å². The summed E-state index contributed by atoms with van der Waals surface area (Å²) in [6, 6.07) is 7.59. The highest BCUT2D eigenvalue weighted by atomic mass is 79.9. The summed E-state index contributed by atoms with van der Waals surface area (Å²) >= 11 is 3.26. The van der Waals surface area contributed by atoms with E-state index in [4.69, 9.17) is 4.74 Å². The maximum absolute atomic E-state index is 12.9. The number of nitrogens with one attached hydrogen (secondary N) is 1. The Morgan fingerprint density at radius 3 is 2.66 bits per heavy atom. The zero-order valence-corrected chi connectivity index (χ0v) is 18.1. The Labute approximate surface area is 188 Å². The molecule has 0 bridgehead atoms. The lowest BCUT2D eigenvalue weighted by molar-refractivity contribution is -0.384. The second kappa shape index (κ2) is 9.39. The molecule has 3 aromatic rings. The number of ether oxygens (including phenoxy) is 1. The molecule has 0 aliphatic heterocycles. The fourth-order valence-electron chi connectivity index (χ4n) is 2.76. The zero-order chi connectivity index (χ0) is 23.5. The number of aromatic nitrogens is 2. The molecular formula is C20H16BrF3N4O4. The van der Waals surface area contributed by atoms with Crippen LogP contribution in [0.2, 0.25) is 0 Å². The normalized spacial score (nSPS) is 12.3. The van der Waals surface area contributed by atoms with Crippen LogP contribution in [0.1, 0.15) is 12.5 Å². The Balaban J connectivity index is 1.80. The summed E-state index contributed by atoms with van der Waals surface area (Å²) in [6.07, 6.45) is -1.30. The summed E-state index contributed by atoms with van der Waals surface area (Å²) in [7, 11) is 0. The van der Waals surface area contributed by atoms with Crippen molar-refractivity contribution in [2.75, 3.05) is 5.32 Å². The first kappa shape index (κ1) is 23.3. The van der Waals surface area contributed by atoms with Crippen molar-refractivity contribution in [1.82, 2.24) is 9.78 Å². The van der Waals surface area contributed by atoms with E-state index in [1.807, 2.05) is 0 Å². The van der Waals surface area contributed by atoms with Gasteiger partial charge >= 0.3 is 6.18 Å². The van der Waals surface area contributed by atoms with Crippen LogP contribution in [0.4, 0.5) is 24.5 Å². The van der Waals surface area contributed by atoms with E-state index in [0.29, 0.717) is 0 Å². The van der Waals surface area contributed by atoms with Gasteiger partial charge in [-0.2, -0.15) is 18.3 Å². The van der Waals surface area contributed by atoms with Gasteiger partial charge < -0.3 is 10.1 Å². The fraction of sp³-hybridized carbons (Fsp3) is 0.200. The van der Waals surface area contributed by atoms with Gasteiger partial charge in [-0.25, -0.2) is 0 Å². The van der Waals surface area contributed by atoms with E-state index in [2.05, 4.69) is 26.3 Å². The minimum absolute atomic E-state index is 0.0691. The van der Waals surface area contributed by atoms with Crippen molar-refractivity contribution in [3.05, 3.63) is 75.0 Å². The number of benzene rings is 2. The summed E-state index contributed by atoms with van der Waals surface area (Å²) in [6.45, 7) is 1.92. The molecular weight excluding hydrogens is 497 g/mol. The highest BCUT2D eigenvalue weighted by Crippen LogP contribution is 2.34. The third-order valence-electron chi connectivity index (χ3n) is 4.28. The molecule has 8 nitrogen and oxygen atoms in total. The molecule has 32 heavy (non-hydrogen) atoms. The molecule has 168 valence electrons. The number of amides is 1. The van der Waals surface area contributed by atoms with E-state index in [1.54, 1.807) is 24.0 Å². The number of nitro benzene ring substituents is 1. The third-order valence-corrected chi connectivity index (χ3v) is 4.69. The molecule has 1 N–H and O–H groups in total. The Kier molecular flexibility index (Phi) is 6.82. The van der Waals surface area contributed by atoms with Gasteiger partial charge in [0.15, 0.2) is 0 Å². The van der Waals surface area contributed by atoms with Crippen LogP contribution in [0.5, 0.6) is 11.5 Å². The summed E-state index contributed by atoms with van der Waals surface area (Å²) < 4.78 is 46.5. The van der Waals surface area contributed by atoms with Crippen molar-refractivity contribution in [2.24, 2.45) is 5.92 Å². The monoisotopic (exact) mass is 512 g/mol. The van der Waals surface area contributed by atoms with Crippen LogP contribution in [0, 0.1) is 16.0 Å². The van der Waals surface area contributed by atoms with Gasteiger partial charge in [-0.3, -0.25) is 19.6 Å². The first-order valence-corrected chi connectivity index (χ1v) is 9.94. The predicted octanol–water partition coefficient (Wildman–Crippen LogP) is 5.64. The summed E-state index contributed by atoms with van der Waals surface area (Å²) in [5.41, 5.74) is -1.25. The zero-order valence-electron chi connectivity index (χ0n) is 16.5. The van der Waals surface area contributed by atoms with Crippen molar-refractivity contribution in [2.45, 2.75) is 19.6 Å². The smallest absolute Gasteiger partial charge is 0.416 e. The number of rotatable bonds is 7. The third kappa shape index (κ3) is 6.06. The van der Waals surface area contributed by atoms with Crippen LogP contribution in [0.25, 0.3) is 0 Å². The molecule has 0 radical (unpaired) electrons. The summed E-state index contributed by atoms with van der Waals surface area (Å²) in [4.78, 5) is 23.1. The molecule has 3 rings (SSSR count). The molecule has 1 heterocycles. The number of anilines is 1. The van der Waals surface area contributed by atoms with Crippen LogP contribution in [0.15, 0.2) is 59.3 Å². The number of hydrogen-bond acceptors (Lipinski definition) is 5. The van der Waals surface area contributed by atoms with Crippen LogP contribution in [-0.2, 0) is 17.5 Å². The van der Waals surface area contributed by atoms with Gasteiger partial charge in [0.1, 0.15) is 11.5 Å². The highest BCUT2D eigenvalue weighted by Gasteiger charge is 2.30. The molecule has 2 aromatic carbocycles. The van der Waals surface area contributed by atoms with Gasteiger partial charge in [0.25, 0.3) is 5.69 Å². The maximum Gasteiger partial charge on any atom is 0.416 e. The fourth-order valence-corrected chi connectivity index (χ4v) is 3.09. The topological polar surface area (TPSA) is 99.3 Å². The van der Waals surface area contributed by atoms with Crippen LogP contribution in [0.3, 0.4) is 0 Å². The molecule has 0 aliphatic carbocycles. The van der Waals surface area contributed by atoms with Gasteiger partial charge in [-0.05, 0) is 34.1 Å². The Hall–Kier alpha value is -3.41. The van der Waals surface area contributed by atoms with Crippen LogP contribution < -0.4 is 10.1 Å².